The van der Waals surface area contributed by atoms with E-state index >= 15 is 0 Å². The fourth-order valence-electron chi connectivity index (χ4n) is 2.25. The first kappa shape index (κ1) is 14.1. The minimum absolute atomic E-state index is 0.424. The summed E-state index contributed by atoms with van der Waals surface area (Å²) in [5, 5.41) is 6.61. The Hall–Kier alpha value is -1.36. The van der Waals surface area contributed by atoms with Crippen molar-refractivity contribution in [1.82, 2.24) is 9.97 Å². The largest absolute Gasteiger partial charge is 0.378 e. The molecule has 2 heterocycles. The summed E-state index contributed by atoms with van der Waals surface area (Å²) in [6, 6.07) is 1.97. The van der Waals surface area contributed by atoms with Gasteiger partial charge in [-0.2, -0.15) is 0 Å². The highest BCUT2D eigenvalue weighted by Crippen LogP contribution is 2.16. The third kappa shape index (κ3) is 4.35. The van der Waals surface area contributed by atoms with Crippen LogP contribution < -0.4 is 10.6 Å². The molecule has 2 N–H and O–H groups in total. The van der Waals surface area contributed by atoms with Crippen LogP contribution in [0, 0.1) is 0 Å². The van der Waals surface area contributed by atoms with Gasteiger partial charge in [0.2, 0.25) is 0 Å². The molecule has 1 saturated heterocycles. The molecule has 1 aromatic heterocycles. The molecule has 1 aliphatic heterocycles. The zero-order chi connectivity index (χ0) is 13.5. The number of nitrogens with one attached hydrogen (secondary N) is 2. The first-order chi connectivity index (χ1) is 9.31. The van der Waals surface area contributed by atoms with Crippen molar-refractivity contribution in [3.05, 3.63) is 11.9 Å². The molecule has 0 aliphatic carbocycles. The molecule has 0 amide bonds. The van der Waals surface area contributed by atoms with Crippen molar-refractivity contribution < 1.29 is 4.74 Å². The van der Waals surface area contributed by atoms with E-state index in [1.54, 1.807) is 0 Å². The van der Waals surface area contributed by atoms with E-state index in [4.69, 9.17) is 4.74 Å². The van der Waals surface area contributed by atoms with Gasteiger partial charge in [-0.25, -0.2) is 9.97 Å². The van der Waals surface area contributed by atoms with E-state index < -0.39 is 0 Å². The average Bonchev–Trinajstić information content (AvgIpc) is 2.92. The third-order valence-corrected chi connectivity index (χ3v) is 3.24. The molecular formula is C14H24N4O. The maximum absolute atomic E-state index is 5.61. The Morgan fingerprint density at radius 2 is 2.05 bits per heavy atom. The Morgan fingerprint density at radius 3 is 2.68 bits per heavy atom. The second-order valence-corrected chi connectivity index (χ2v) is 4.79. The second kappa shape index (κ2) is 7.28. The lowest BCUT2D eigenvalue weighted by atomic mass is 10.2. The Bertz CT molecular complexity index is 391. The number of nitrogens with zero attached hydrogens (tertiary/aromatic N) is 2. The van der Waals surface area contributed by atoms with Crippen LogP contribution in [-0.2, 0) is 11.2 Å². The summed E-state index contributed by atoms with van der Waals surface area (Å²) in [6.07, 6.45) is 4.70. The van der Waals surface area contributed by atoms with Crippen LogP contribution in [0.15, 0.2) is 6.07 Å². The molecule has 0 saturated carbocycles. The summed E-state index contributed by atoms with van der Waals surface area (Å²) in [5.41, 5.74) is 0. The first-order valence-electron chi connectivity index (χ1n) is 7.29. The van der Waals surface area contributed by atoms with Gasteiger partial charge < -0.3 is 15.4 Å². The molecular weight excluding hydrogens is 240 g/mol. The molecule has 19 heavy (non-hydrogen) atoms. The minimum Gasteiger partial charge on any atom is -0.378 e. The Labute approximate surface area is 115 Å². The van der Waals surface area contributed by atoms with Gasteiger partial charge in [-0.15, -0.1) is 0 Å². The highest BCUT2D eigenvalue weighted by Gasteiger charge is 2.14. The van der Waals surface area contributed by atoms with E-state index in [1.165, 1.54) is 12.8 Å². The van der Waals surface area contributed by atoms with Crippen molar-refractivity contribution in [2.45, 2.75) is 45.6 Å². The van der Waals surface area contributed by atoms with Crippen LogP contribution in [0.3, 0.4) is 0 Å². The number of aryl methyl sites for hydroxylation is 1. The van der Waals surface area contributed by atoms with E-state index in [1.807, 2.05) is 6.07 Å². The molecule has 1 fully saturated rings. The predicted octanol–water partition coefficient (Wildman–Crippen LogP) is 2.45. The molecule has 0 spiro atoms. The molecule has 106 valence electrons. The lowest BCUT2D eigenvalue weighted by Crippen LogP contribution is -2.14. The van der Waals surface area contributed by atoms with Crippen molar-refractivity contribution in [3.63, 3.8) is 0 Å². The van der Waals surface area contributed by atoms with E-state index in [0.717, 1.165) is 50.0 Å². The van der Waals surface area contributed by atoms with Crippen LogP contribution in [0.4, 0.5) is 11.6 Å². The van der Waals surface area contributed by atoms with Crippen LogP contribution in [0.2, 0.25) is 0 Å². The number of aromatic nitrogens is 2. The van der Waals surface area contributed by atoms with Gasteiger partial charge in [-0.3, -0.25) is 0 Å². The van der Waals surface area contributed by atoms with Gasteiger partial charge in [-0.05, 0) is 26.2 Å². The van der Waals surface area contributed by atoms with Gasteiger partial charge in [0.05, 0.1) is 6.10 Å². The highest BCUT2D eigenvalue weighted by atomic mass is 16.5. The smallest absolute Gasteiger partial charge is 0.132 e. The monoisotopic (exact) mass is 264 g/mol. The summed E-state index contributed by atoms with van der Waals surface area (Å²) >= 11 is 0. The average molecular weight is 264 g/mol. The molecule has 0 aromatic carbocycles. The summed E-state index contributed by atoms with van der Waals surface area (Å²) in [4.78, 5) is 8.94. The van der Waals surface area contributed by atoms with Gasteiger partial charge in [-0.1, -0.05) is 6.92 Å². The summed E-state index contributed by atoms with van der Waals surface area (Å²) in [7, 11) is 0. The van der Waals surface area contributed by atoms with Crippen LogP contribution in [0.1, 0.15) is 38.9 Å². The standard InChI is InChI=1S/C14H24N4O/c1-3-12-17-13(15-4-2)10-14(18-12)16-8-7-11-6-5-9-19-11/h10-11H,3-9H2,1-2H3,(H2,15,16,17,18). The molecule has 0 bridgehead atoms. The quantitative estimate of drug-likeness (QED) is 0.792. The van der Waals surface area contributed by atoms with Gasteiger partial charge >= 0.3 is 0 Å². The van der Waals surface area contributed by atoms with E-state index in [2.05, 4.69) is 34.4 Å². The Morgan fingerprint density at radius 1 is 1.26 bits per heavy atom. The zero-order valence-electron chi connectivity index (χ0n) is 11.9. The van der Waals surface area contributed by atoms with Crippen molar-refractivity contribution >= 4 is 11.6 Å². The van der Waals surface area contributed by atoms with Crippen molar-refractivity contribution in [1.29, 1.82) is 0 Å². The molecule has 5 heteroatoms. The van der Waals surface area contributed by atoms with Crippen molar-refractivity contribution in [2.24, 2.45) is 0 Å². The fraction of sp³-hybridized carbons (Fsp3) is 0.714. The molecule has 1 aromatic rings. The number of hydrogen-bond donors (Lipinski definition) is 2. The number of rotatable bonds is 7. The van der Waals surface area contributed by atoms with Gasteiger partial charge in [0.15, 0.2) is 0 Å². The summed E-state index contributed by atoms with van der Waals surface area (Å²) in [6.45, 7) is 6.83. The molecule has 2 rings (SSSR count). The minimum atomic E-state index is 0.424. The van der Waals surface area contributed by atoms with Crippen LogP contribution in [0.25, 0.3) is 0 Å². The normalized spacial score (nSPS) is 18.5. The van der Waals surface area contributed by atoms with Gasteiger partial charge in [0.1, 0.15) is 17.5 Å². The van der Waals surface area contributed by atoms with E-state index in [-0.39, 0.29) is 0 Å². The molecule has 5 nitrogen and oxygen atoms in total. The predicted molar refractivity (Wildman–Crippen MR) is 77.7 cm³/mol. The maximum Gasteiger partial charge on any atom is 0.132 e. The number of ether oxygens (including phenoxy) is 1. The van der Waals surface area contributed by atoms with Gasteiger partial charge in [0.25, 0.3) is 0 Å². The SMILES string of the molecule is CCNc1cc(NCCC2CCCO2)nc(CC)n1. The van der Waals surface area contributed by atoms with Gasteiger partial charge in [0, 0.05) is 32.2 Å². The van der Waals surface area contributed by atoms with Crippen LogP contribution in [0.5, 0.6) is 0 Å². The Kier molecular flexibility index (Phi) is 5.39. The third-order valence-electron chi connectivity index (χ3n) is 3.24. The molecule has 1 aliphatic rings. The molecule has 0 radical (unpaired) electrons. The second-order valence-electron chi connectivity index (χ2n) is 4.79. The topological polar surface area (TPSA) is 59.1 Å². The number of anilines is 2. The maximum atomic E-state index is 5.61. The fourth-order valence-corrected chi connectivity index (χ4v) is 2.25. The van der Waals surface area contributed by atoms with Crippen LogP contribution >= 0.6 is 0 Å². The van der Waals surface area contributed by atoms with Crippen LogP contribution in [-0.4, -0.2) is 35.8 Å². The lowest BCUT2D eigenvalue weighted by Gasteiger charge is -2.12. The van der Waals surface area contributed by atoms with E-state index in [9.17, 15) is 0 Å². The van der Waals surface area contributed by atoms with Crippen molar-refractivity contribution in [3.8, 4) is 0 Å². The van der Waals surface area contributed by atoms with E-state index in [0.29, 0.717) is 6.10 Å². The molecule has 1 atom stereocenters. The zero-order valence-corrected chi connectivity index (χ0v) is 11.9. The summed E-state index contributed by atoms with van der Waals surface area (Å²) in [5.74, 6) is 2.67. The lowest BCUT2D eigenvalue weighted by molar-refractivity contribution is 0.107. The summed E-state index contributed by atoms with van der Waals surface area (Å²) < 4.78 is 5.61. The number of hydrogen-bond acceptors (Lipinski definition) is 5. The molecule has 1 unspecified atom stereocenters. The Balaban J connectivity index is 1.88. The highest BCUT2D eigenvalue weighted by molar-refractivity contribution is 5.47. The first-order valence-corrected chi connectivity index (χ1v) is 7.29. The van der Waals surface area contributed by atoms with Crippen molar-refractivity contribution in [2.75, 3.05) is 30.3 Å².